The van der Waals surface area contributed by atoms with Gasteiger partial charge >= 0.3 is 12.1 Å². The largest absolute Gasteiger partial charge is 0.463 e. The van der Waals surface area contributed by atoms with Gasteiger partial charge in [0.05, 0.1) is 10.9 Å². The van der Waals surface area contributed by atoms with Gasteiger partial charge in [-0.2, -0.15) is 0 Å². The number of aromatic nitrogens is 1. The zero-order valence-electron chi connectivity index (χ0n) is 21.7. The molecule has 0 aliphatic rings. The van der Waals surface area contributed by atoms with E-state index in [1.165, 1.54) is 24.5 Å². The maximum Gasteiger partial charge on any atom is 0.408 e. The minimum Gasteiger partial charge on any atom is -0.463 e. The predicted octanol–water partition coefficient (Wildman–Crippen LogP) is 6.17. The van der Waals surface area contributed by atoms with Crippen molar-refractivity contribution >= 4 is 34.4 Å². The van der Waals surface area contributed by atoms with Gasteiger partial charge in [0, 0.05) is 17.1 Å². The lowest BCUT2D eigenvalue weighted by Gasteiger charge is -2.21. The van der Waals surface area contributed by atoms with Crippen molar-refractivity contribution in [1.82, 2.24) is 10.3 Å². The lowest BCUT2D eigenvalue weighted by atomic mass is 10.0. The van der Waals surface area contributed by atoms with Gasteiger partial charge in [0.25, 0.3) is 0 Å². The van der Waals surface area contributed by atoms with E-state index in [2.05, 4.69) is 17.2 Å². The molecule has 0 radical (unpaired) electrons. The van der Waals surface area contributed by atoms with Crippen LogP contribution in [-0.4, -0.2) is 28.7 Å². The Balaban J connectivity index is 1.90. The lowest BCUT2D eigenvalue weighted by Crippen LogP contribution is -2.43. The van der Waals surface area contributed by atoms with Crippen LogP contribution in [0.4, 0.5) is 4.79 Å². The summed E-state index contributed by atoms with van der Waals surface area (Å²) in [6.07, 6.45) is 5.40. The maximum absolute atomic E-state index is 13.3. The van der Waals surface area contributed by atoms with Crippen LogP contribution < -0.4 is 15.5 Å². The van der Waals surface area contributed by atoms with Gasteiger partial charge in [0.15, 0.2) is 0 Å². The molecule has 8 nitrogen and oxygen atoms in total. The van der Waals surface area contributed by atoms with Gasteiger partial charge in [-0.1, -0.05) is 26.2 Å². The van der Waals surface area contributed by atoms with E-state index in [4.69, 9.17) is 13.9 Å². The number of hydrogen-bond acceptors (Lipinski definition) is 8. The smallest absolute Gasteiger partial charge is 0.408 e. The molecule has 0 fully saturated rings. The Morgan fingerprint density at radius 1 is 1.19 bits per heavy atom. The molecule has 9 heteroatoms. The van der Waals surface area contributed by atoms with Crippen LogP contribution in [0.25, 0.3) is 21.5 Å². The van der Waals surface area contributed by atoms with E-state index in [0.717, 1.165) is 36.9 Å². The minimum absolute atomic E-state index is 0.182. The van der Waals surface area contributed by atoms with Crippen molar-refractivity contribution in [2.24, 2.45) is 0 Å². The lowest BCUT2D eigenvalue weighted by molar-refractivity contribution is -0.136. The van der Waals surface area contributed by atoms with Crippen molar-refractivity contribution in [3.05, 3.63) is 45.3 Å². The zero-order valence-corrected chi connectivity index (χ0v) is 22.5. The van der Waals surface area contributed by atoms with E-state index in [0.29, 0.717) is 33.7 Å². The van der Waals surface area contributed by atoms with Crippen molar-refractivity contribution < 1.29 is 23.5 Å². The van der Waals surface area contributed by atoms with Crippen molar-refractivity contribution in [2.75, 3.05) is 0 Å². The second-order valence-corrected chi connectivity index (χ2v) is 10.7. The number of esters is 1. The molecular weight excluding hydrogens is 480 g/mol. The summed E-state index contributed by atoms with van der Waals surface area (Å²) in [7, 11) is 0. The molecule has 0 saturated heterocycles. The summed E-state index contributed by atoms with van der Waals surface area (Å²) in [4.78, 5) is 42.5. The Hall–Kier alpha value is -3.20. The van der Waals surface area contributed by atoms with Crippen LogP contribution in [0.5, 0.6) is 5.75 Å². The van der Waals surface area contributed by atoms with Gasteiger partial charge < -0.3 is 19.2 Å². The molecule has 194 valence electrons. The summed E-state index contributed by atoms with van der Waals surface area (Å²) < 4.78 is 16.7. The number of hydrogen-bond donors (Lipinski definition) is 1. The van der Waals surface area contributed by atoms with Crippen LogP contribution in [0.1, 0.15) is 71.6 Å². The summed E-state index contributed by atoms with van der Waals surface area (Å²) in [6, 6.07) is 2.37. The van der Waals surface area contributed by atoms with Gasteiger partial charge in [-0.15, -0.1) is 11.3 Å². The third-order valence-electron chi connectivity index (χ3n) is 5.40. The fourth-order valence-corrected chi connectivity index (χ4v) is 4.40. The molecule has 2 heterocycles. The summed E-state index contributed by atoms with van der Waals surface area (Å²) >= 11 is 1.39. The number of nitrogens with zero attached hydrogens (tertiary/aromatic N) is 1. The number of carbonyl (C=O) groups is 2. The number of thiazole rings is 1. The topological polar surface area (TPSA) is 108 Å². The number of unbranched alkanes of at least 4 members (excludes halogenated alkanes) is 3. The molecule has 0 spiro atoms. The standard InChI is InChI=1S/C27H34N2O6S/c1-7-8-9-10-11-18-12-19-22(33-14-20(23(19)30)24-28-16(2)15-36-24)13-21(18)34-25(31)17(3)29-26(32)35-27(4,5)6/h12-15,17H,7-11H2,1-6H3,(H,29,32)/t17-/m1/s1. The minimum atomic E-state index is -0.939. The molecule has 3 aromatic rings. The second-order valence-electron chi connectivity index (χ2n) is 9.83. The van der Waals surface area contributed by atoms with Gasteiger partial charge in [-0.3, -0.25) is 4.79 Å². The Morgan fingerprint density at radius 3 is 2.58 bits per heavy atom. The number of rotatable bonds is 9. The van der Waals surface area contributed by atoms with Crippen LogP contribution >= 0.6 is 11.3 Å². The van der Waals surface area contributed by atoms with Crippen LogP contribution in [0, 0.1) is 6.92 Å². The SMILES string of the molecule is CCCCCCc1cc2c(=O)c(-c3nc(C)cs3)coc2cc1OC(=O)[C@@H](C)NC(=O)OC(C)(C)C. The van der Waals surface area contributed by atoms with Crippen LogP contribution in [0.2, 0.25) is 0 Å². The number of carbonyl (C=O) groups excluding carboxylic acids is 2. The van der Waals surface area contributed by atoms with E-state index in [9.17, 15) is 14.4 Å². The summed E-state index contributed by atoms with van der Waals surface area (Å²) in [5.41, 5.74) is 1.41. The predicted molar refractivity (Wildman–Crippen MR) is 141 cm³/mol. The molecule has 0 aliphatic heterocycles. The van der Waals surface area contributed by atoms with E-state index in [-0.39, 0.29) is 5.43 Å². The molecule has 1 aromatic carbocycles. The fourth-order valence-electron chi connectivity index (χ4n) is 3.60. The number of aryl methyl sites for hydroxylation is 2. The van der Waals surface area contributed by atoms with Gasteiger partial charge in [0.1, 0.15) is 34.2 Å². The number of fused-ring (bicyclic) bond motifs is 1. The third-order valence-corrected chi connectivity index (χ3v) is 6.40. The molecule has 0 unspecified atom stereocenters. The van der Waals surface area contributed by atoms with Gasteiger partial charge in [-0.25, -0.2) is 14.6 Å². The van der Waals surface area contributed by atoms with E-state index < -0.39 is 23.7 Å². The van der Waals surface area contributed by atoms with E-state index >= 15 is 0 Å². The second kappa shape index (κ2) is 11.7. The molecular formula is C27H34N2O6S. The Morgan fingerprint density at radius 2 is 1.94 bits per heavy atom. The Labute approximate surface area is 215 Å². The molecule has 3 rings (SSSR count). The molecule has 0 aliphatic carbocycles. The highest BCUT2D eigenvalue weighted by atomic mass is 32.1. The normalized spacial score (nSPS) is 12.4. The highest BCUT2D eigenvalue weighted by molar-refractivity contribution is 7.13. The number of benzene rings is 1. The first-order chi connectivity index (χ1) is 17.0. The first-order valence-corrected chi connectivity index (χ1v) is 13.1. The molecule has 36 heavy (non-hydrogen) atoms. The number of alkyl carbamates (subject to hydrolysis) is 1. The van der Waals surface area contributed by atoms with Crippen LogP contribution in [0.3, 0.4) is 0 Å². The first-order valence-electron chi connectivity index (χ1n) is 12.2. The summed E-state index contributed by atoms with van der Waals surface area (Å²) in [6.45, 7) is 10.8. The van der Waals surface area contributed by atoms with E-state index in [1.807, 2.05) is 12.3 Å². The van der Waals surface area contributed by atoms with Crippen molar-refractivity contribution in [3.8, 4) is 16.3 Å². The van der Waals surface area contributed by atoms with Crippen molar-refractivity contribution in [2.45, 2.75) is 85.3 Å². The monoisotopic (exact) mass is 514 g/mol. The zero-order chi connectivity index (χ0) is 26.5. The molecule has 1 N–H and O–H groups in total. The fraction of sp³-hybridized carbons (Fsp3) is 0.481. The summed E-state index contributed by atoms with van der Waals surface area (Å²) in [5.74, 6) is -0.338. The van der Waals surface area contributed by atoms with Gasteiger partial charge in [0.2, 0.25) is 5.43 Å². The van der Waals surface area contributed by atoms with Gasteiger partial charge in [-0.05, 0) is 59.1 Å². The Kier molecular flexibility index (Phi) is 8.89. The van der Waals surface area contributed by atoms with Crippen molar-refractivity contribution in [1.29, 1.82) is 0 Å². The average molecular weight is 515 g/mol. The molecule has 2 aromatic heterocycles. The average Bonchev–Trinajstić information content (AvgIpc) is 3.22. The molecule has 0 bridgehead atoms. The number of amides is 1. The number of ether oxygens (including phenoxy) is 2. The molecule has 0 saturated carbocycles. The third kappa shape index (κ3) is 7.16. The quantitative estimate of drug-likeness (QED) is 0.207. The summed E-state index contributed by atoms with van der Waals surface area (Å²) in [5, 5.41) is 5.39. The Bertz CT molecular complexity index is 1290. The van der Waals surface area contributed by atoms with Crippen molar-refractivity contribution in [3.63, 3.8) is 0 Å². The van der Waals surface area contributed by atoms with Crippen LogP contribution in [0.15, 0.2) is 33.0 Å². The van der Waals surface area contributed by atoms with E-state index in [1.54, 1.807) is 32.9 Å². The molecule has 1 amide bonds. The number of nitrogens with one attached hydrogen (secondary N) is 1. The van der Waals surface area contributed by atoms with Crippen LogP contribution in [-0.2, 0) is 16.0 Å². The maximum atomic E-state index is 13.3. The highest BCUT2D eigenvalue weighted by Crippen LogP contribution is 2.29. The first kappa shape index (κ1) is 27.4. The molecule has 1 atom stereocenters. The highest BCUT2D eigenvalue weighted by Gasteiger charge is 2.24.